The number of halogens is 2. The molecule has 2 N–H and O–H groups in total. The van der Waals surface area contributed by atoms with Gasteiger partial charge in [-0.2, -0.15) is 8.78 Å². The van der Waals surface area contributed by atoms with Gasteiger partial charge >= 0.3 is 12.6 Å². The number of nitrogens with one attached hydrogen (secondary N) is 2. The van der Waals surface area contributed by atoms with Crippen LogP contribution in [0.1, 0.15) is 11.1 Å². The summed E-state index contributed by atoms with van der Waals surface area (Å²) in [5.74, 6) is 0.866. The van der Waals surface area contributed by atoms with Crippen LogP contribution in [0.3, 0.4) is 0 Å². The first-order valence-corrected chi connectivity index (χ1v) is 7.62. The molecule has 1 aromatic heterocycles. The predicted octanol–water partition coefficient (Wildman–Crippen LogP) is 2.75. The monoisotopic (exact) mass is 350 g/mol. The van der Waals surface area contributed by atoms with E-state index in [9.17, 15) is 13.6 Å². The maximum atomic E-state index is 12.4. The number of hydrogen-bond acceptors (Lipinski definition) is 4. The van der Waals surface area contributed by atoms with Gasteiger partial charge in [0.05, 0.1) is 0 Å². The molecule has 0 aliphatic carbocycles. The number of aromatic nitrogens is 1. The number of urea groups is 1. The Bertz CT molecular complexity index is 693. The lowest BCUT2D eigenvalue weighted by Gasteiger charge is -2.13. The van der Waals surface area contributed by atoms with Gasteiger partial charge in [-0.05, 0) is 17.7 Å². The van der Waals surface area contributed by atoms with E-state index in [1.54, 1.807) is 24.4 Å². The smallest absolute Gasteiger partial charge is 0.387 e. The summed E-state index contributed by atoms with van der Waals surface area (Å²) in [4.78, 5) is 18.0. The fourth-order valence-corrected chi connectivity index (χ4v) is 2.07. The third-order valence-corrected chi connectivity index (χ3v) is 3.35. The molecule has 0 bridgehead atoms. The normalized spacial score (nSPS) is 10.4. The summed E-state index contributed by atoms with van der Waals surface area (Å²) in [6.45, 7) is -2.53. The molecule has 0 aliphatic heterocycles. The molecule has 8 heteroatoms. The van der Waals surface area contributed by atoms with E-state index in [1.165, 1.54) is 6.07 Å². The standard InChI is InChI=1S/C17H20F2N4O2/c1-23(2)15-8-7-12(9-20-15)10-21-17(24)22-11-13-5-3-4-6-14(13)25-16(18)19/h3-9,16H,10-11H2,1-2H3,(H2,21,22,24). The third kappa shape index (κ3) is 5.91. The molecular formula is C17H20F2N4O2. The lowest BCUT2D eigenvalue weighted by molar-refractivity contribution is -0.0504. The number of amides is 2. The van der Waals surface area contributed by atoms with E-state index in [0.717, 1.165) is 11.4 Å². The average Bonchev–Trinajstić information content (AvgIpc) is 2.59. The molecule has 0 saturated carbocycles. The molecule has 0 spiro atoms. The van der Waals surface area contributed by atoms with Gasteiger partial charge in [-0.3, -0.25) is 0 Å². The second-order valence-electron chi connectivity index (χ2n) is 5.44. The Morgan fingerprint density at radius 1 is 1.16 bits per heavy atom. The Labute approximate surface area is 144 Å². The number of anilines is 1. The molecule has 1 heterocycles. The number of hydrogen-bond donors (Lipinski definition) is 2. The van der Waals surface area contributed by atoms with Crippen LogP contribution in [0, 0.1) is 0 Å². The van der Waals surface area contributed by atoms with Crippen molar-refractivity contribution in [1.29, 1.82) is 0 Å². The van der Waals surface area contributed by atoms with Crippen LogP contribution in [0.5, 0.6) is 5.75 Å². The molecule has 0 radical (unpaired) electrons. The third-order valence-electron chi connectivity index (χ3n) is 3.35. The van der Waals surface area contributed by atoms with Crippen molar-refractivity contribution in [3.63, 3.8) is 0 Å². The molecule has 2 aromatic rings. The molecule has 0 unspecified atom stereocenters. The number of nitrogens with zero attached hydrogens (tertiary/aromatic N) is 2. The van der Waals surface area contributed by atoms with Crippen LogP contribution in [0.25, 0.3) is 0 Å². The largest absolute Gasteiger partial charge is 0.434 e. The van der Waals surface area contributed by atoms with E-state index in [2.05, 4.69) is 20.4 Å². The lowest BCUT2D eigenvalue weighted by atomic mass is 10.2. The fraction of sp³-hybridized carbons (Fsp3) is 0.294. The Hall–Kier alpha value is -2.90. The van der Waals surface area contributed by atoms with Gasteiger partial charge in [0, 0.05) is 38.9 Å². The van der Waals surface area contributed by atoms with E-state index in [1.807, 2.05) is 31.1 Å². The zero-order valence-electron chi connectivity index (χ0n) is 14.0. The zero-order chi connectivity index (χ0) is 18.2. The van der Waals surface area contributed by atoms with Crippen molar-refractivity contribution in [1.82, 2.24) is 15.6 Å². The lowest BCUT2D eigenvalue weighted by Crippen LogP contribution is -2.34. The predicted molar refractivity (Wildman–Crippen MR) is 90.7 cm³/mol. The highest BCUT2D eigenvalue weighted by molar-refractivity contribution is 5.73. The van der Waals surface area contributed by atoms with E-state index < -0.39 is 12.6 Å². The topological polar surface area (TPSA) is 66.5 Å². The minimum atomic E-state index is -2.91. The Morgan fingerprint density at radius 3 is 2.52 bits per heavy atom. The second kappa shape index (κ2) is 8.81. The molecule has 0 fully saturated rings. The van der Waals surface area contributed by atoms with Crippen LogP contribution in [0.15, 0.2) is 42.6 Å². The number of pyridine rings is 1. The summed E-state index contributed by atoms with van der Waals surface area (Å²) in [5.41, 5.74) is 1.32. The van der Waals surface area contributed by atoms with E-state index in [4.69, 9.17) is 0 Å². The molecule has 6 nitrogen and oxygen atoms in total. The quantitative estimate of drug-likeness (QED) is 0.806. The fourth-order valence-electron chi connectivity index (χ4n) is 2.07. The minimum Gasteiger partial charge on any atom is -0.434 e. The maximum Gasteiger partial charge on any atom is 0.387 e. The van der Waals surface area contributed by atoms with Crippen molar-refractivity contribution in [3.05, 3.63) is 53.7 Å². The van der Waals surface area contributed by atoms with Crippen molar-refractivity contribution < 1.29 is 18.3 Å². The van der Waals surface area contributed by atoms with Crippen LogP contribution in [0.4, 0.5) is 19.4 Å². The van der Waals surface area contributed by atoms with Gasteiger partial charge in [-0.25, -0.2) is 9.78 Å². The van der Waals surface area contributed by atoms with Crippen molar-refractivity contribution in [2.75, 3.05) is 19.0 Å². The van der Waals surface area contributed by atoms with E-state index in [0.29, 0.717) is 12.1 Å². The van der Waals surface area contributed by atoms with Gasteiger partial charge in [0.15, 0.2) is 0 Å². The summed E-state index contributed by atoms with van der Waals surface area (Å²) in [5, 5.41) is 5.29. The number of alkyl halides is 2. The first-order chi connectivity index (χ1) is 12.0. The summed E-state index contributed by atoms with van der Waals surface area (Å²) in [6.07, 6.45) is 1.68. The summed E-state index contributed by atoms with van der Waals surface area (Å²) in [7, 11) is 3.78. The Balaban J connectivity index is 1.83. The number of rotatable bonds is 7. The maximum absolute atomic E-state index is 12.4. The van der Waals surface area contributed by atoms with Crippen LogP contribution in [-0.4, -0.2) is 31.7 Å². The number of para-hydroxylation sites is 1. The van der Waals surface area contributed by atoms with Gasteiger partial charge < -0.3 is 20.3 Å². The van der Waals surface area contributed by atoms with Gasteiger partial charge in [0.2, 0.25) is 0 Å². The Kier molecular flexibility index (Phi) is 6.50. The first kappa shape index (κ1) is 18.4. The molecule has 0 atom stereocenters. The number of benzene rings is 1. The summed E-state index contributed by atoms with van der Waals surface area (Å²) < 4.78 is 29.1. The van der Waals surface area contributed by atoms with Gasteiger partial charge in [0.25, 0.3) is 0 Å². The zero-order valence-corrected chi connectivity index (χ0v) is 14.0. The van der Waals surface area contributed by atoms with Crippen LogP contribution in [-0.2, 0) is 13.1 Å². The number of carbonyl (C=O) groups excluding carboxylic acids is 1. The highest BCUT2D eigenvalue weighted by Crippen LogP contribution is 2.19. The van der Waals surface area contributed by atoms with Crippen molar-refractivity contribution >= 4 is 11.8 Å². The van der Waals surface area contributed by atoms with Crippen molar-refractivity contribution in [3.8, 4) is 5.75 Å². The second-order valence-corrected chi connectivity index (χ2v) is 5.44. The van der Waals surface area contributed by atoms with Gasteiger partial charge in [-0.1, -0.05) is 24.3 Å². The summed E-state index contributed by atoms with van der Waals surface area (Å²) >= 11 is 0. The molecule has 0 saturated heterocycles. The highest BCUT2D eigenvalue weighted by atomic mass is 19.3. The molecule has 0 aliphatic rings. The van der Waals surface area contributed by atoms with Crippen LogP contribution < -0.4 is 20.3 Å². The van der Waals surface area contributed by atoms with Crippen molar-refractivity contribution in [2.45, 2.75) is 19.7 Å². The van der Waals surface area contributed by atoms with Gasteiger partial charge in [-0.15, -0.1) is 0 Å². The molecule has 1 aromatic carbocycles. The minimum absolute atomic E-state index is 0.0428. The van der Waals surface area contributed by atoms with E-state index in [-0.39, 0.29) is 12.3 Å². The SMILES string of the molecule is CN(C)c1ccc(CNC(=O)NCc2ccccc2OC(F)F)cn1. The molecule has 134 valence electrons. The van der Waals surface area contributed by atoms with Crippen LogP contribution in [0.2, 0.25) is 0 Å². The Morgan fingerprint density at radius 2 is 1.88 bits per heavy atom. The molecular weight excluding hydrogens is 330 g/mol. The van der Waals surface area contributed by atoms with E-state index >= 15 is 0 Å². The molecule has 2 rings (SSSR count). The average molecular weight is 350 g/mol. The number of carbonyl (C=O) groups is 1. The highest BCUT2D eigenvalue weighted by Gasteiger charge is 2.10. The van der Waals surface area contributed by atoms with Crippen molar-refractivity contribution in [2.24, 2.45) is 0 Å². The molecule has 2 amide bonds. The first-order valence-electron chi connectivity index (χ1n) is 7.62. The summed E-state index contributed by atoms with van der Waals surface area (Å²) in [6, 6.07) is 9.63. The molecule has 25 heavy (non-hydrogen) atoms. The number of ether oxygens (including phenoxy) is 1. The van der Waals surface area contributed by atoms with Crippen LogP contribution >= 0.6 is 0 Å². The van der Waals surface area contributed by atoms with Gasteiger partial charge in [0.1, 0.15) is 11.6 Å².